The quantitative estimate of drug-likeness (QED) is 0.551. The van der Waals surface area contributed by atoms with E-state index in [0.29, 0.717) is 0 Å². The fraction of sp³-hybridized carbons (Fsp3) is 0. The van der Waals surface area contributed by atoms with Crippen molar-refractivity contribution in [3.63, 3.8) is 0 Å². The number of hydrogen-bond donors (Lipinski definition) is 0. The van der Waals surface area contributed by atoms with Crippen LogP contribution in [0.25, 0.3) is 20.2 Å². The first kappa shape index (κ1) is 11.2. The summed E-state index contributed by atoms with van der Waals surface area (Å²) in [7, 11) is 0. The normalized spacial score (nSPS) is 10.6. The van der Waals surface area contributed by atoms with Gasteiger partial charge in [0, 0.05) is 19.1 Å². The fourth-order valence-corrected chi connectivity index (χ4v) is 3.77. The van der Waals surface area contributed by atoms with Crippen LogP contribution in [0.3, 0.4) is 0 Å². The van der Waals surface area contributed by atoms with Crippen molar-refractivity contribution in [1.29, 1.82) is 0 Å². The molecular formula is C14H9BrS2. The minimum atomic E-state index is 1.12. The standard InChI is InChI=1S/C14H9BrS2/c15-11-5-3-10(4-6-11)12-7-8-14(17-12)13-2-1-9-16-13/h1-9H. The van der Waals surface area contributed by atoms with Gasteiger partial charge in [-0.2, -0.15) is 0 Å². The smallest absolute Gasteiger partial charge is 0.0449 e. The first-order valence-electron chi connectivity index (χ1n) is 5.22. The molecule has 3 rings (SSSR count). The van der Waals surface area contributed by atoms with E-state index >= 15 is 0 Å². The van der Waals surface area contributed by atoms with Crippen molar-refractivity contribution in [3.8, 4) is 20.2 Å². The molecule has 0 amide bonds. The maximum absolute atomic E-state index is 3.46. The summed E-state index contributed by atoms with van der Waals surface area (Å²) in [6, 6.07) is 17.1. The van der Waals surface area contributed by atoms with Gasteiger partial charge in [0.25, 0.3) is 0 Å². The van der Waals surface area contributed by atoms with Gasteiger partial charge < -0.3 is 0 Å². The third kappa shape index (κ3) is 2.37. The number of rotatable bonds is 2. The predicted octanol–water partition coefficient (Wildman–Crippen LogP) is 5.91. The highest BCUT2D eigenvalue weighted by atomic mass is 79.9. The Hall–Kier alpha value is -0.900. The topological polar surface area (TPSA) is 0 Å². The third-order valence-corrected chi connectivity index (χ3v) is 5.23. The highest BCUT2D eigenvalue weighted by Gasteiger charge is 2.05. The molecule has 3 heteroatoms. The Morgan fingerprint density at radius 3 is 2.24 bits per heavy atom. The second-order valence-electron chi connectivity index (χ2n) is 3.65. The first-order valence-corrected chi connectivity index (χ1v) is 7.71. The van der Waals surface area contributed by atoms with Gasteiger partial charge in [0.1, 0.15) is 0 Å². The van der Waals surface area contributed by atoms with E-state index < -0.39 is 0 Å². The molecular weight excluding hydrogens is 312 g/mol. The van der Waals surface area contributed by atoms with Gasteiger partial charge in [0.2, 0.25) is 0 Å². The van der Waals surface area contributed by atoms with Crippen LogP contribution in [0.5, 0.6) is 0 Å². The van der Waals surface area contributed by atoms with Crippen LogP contribution in [0.2, 0.25) is 0 Å². The molecule has 0 atom stereocenters. The molecule has 0 saturated carbocycles. The van der Waals surface area contributed by atoms with Crippen molar-refractivity contribution in [3.05, 3.63) is 58.4 Å². The SMILES string of the molecule is Brc1ccc(-c2ccc(-c3cccs3)s2)cc1. The molecule has 1 aromatic carbocycles. The maximum Gasteiger partial charge on any atom is 0.0449 e. The van der Waals surface area contributed by atoms with Crippen LogP contribution >= 0.6 is 38.6 Å². The third-order valence-electron chi connectivity index (χ3n) is 2.50. The molecule has 0 spiro atoms. The van der Waals surface area contributed by atoms with Gasteiger partial charge in [-0.3, -0.25) is 0 Å². The van der Waals surface area contributed by atoms with E-state index in [2.05, 4.69) is 69.8 Å². The molecule has 0 radical (unpaired) electrons. The molecule has 0 nitrogen and oxygen atoms in total. The largest absolute Gasteiger partial charge is 0.143 e. The van der Waals surface area contributed by atoms with Crippen molar-refractivity contribution < 1.29 is 0 Å². The van der Waals surface area contributed by atoms with Gasteiger partial charge in [-0.1, -0.05) is 34.1 Å². The highest BCUT2D eigenvalue weighted by Crippen LogP contribution is 2.36. The van der Waals surface area contributed by atoms with Crippen LogP contribution in [0.4, 0.5) is 0 Å². The van der Waals surface area contributed by atoms with E-state index in [1.54, 1.807) is 11.3 Å². The second kappa shape index (κ2) is 4.77. The fourth-order valence-electron chi connectivity index (χ4n) is 1.66. The summed E-state index contributed by atoms with van der Waals surface area (Å²) in [6.45, 7) is 0. The van der Waals surface area contributed by atoms with E-state index in [9.17, 15) is 0 Å². The highest BCUT2D eigenvalue weighted by molar-refractivity contribution is 9.10. The zero-order valence-electron chi connectivity index (χ0n) is 8.89. The van der Waals surface area contributed by atoms with Crippen molar-refractivity contribution >= 4 is 38.6 Å². The second-order valence-corrected chi connectivity index (χ2v) is 6.60. The molecule has 3 aromatic rings. The van der Waals surface area contributed by atoms with Crippen LogP contribution in [0, 0.1) is 0 Å². The van der Waals surface area contributed by atoms with E-state index in [-0.39, 0.29) is 0 Å². The lowest BCUT2D eigenvalue weighted by molar-refractivity contribution is 1.65. The Labute approximate surface area is 117 Å². The Bertz CT molecular complexity index is 606. The van der Waals surface area contributed by atoms with Gasteiger partial charge >= 0.3 is 0 Å². The number of thiophene rings is 2. The molecule has 0 aliphatic heterocycles. The lowest BCUT2D eigenvalue weighted by Gasteiger charge is -1.96. The van der Waals surface area contributed by atoms with Crippen molar-refractivity contribution in [2.45, 2.75) is 0 Å². The Balaban J connectivity index is 1.98. The summed E-state index contributed by atoms with van der Waals surface area (Å²) in [5.74, 6) is 0. The zero-order chi connectivity index (χ0) is 11.7. The lowest BCUT2D eigenvalue weighted by atomic mass is 10.2. The summed E-state index contributed by atoms with van der Waals surface area (Å²) in [5.41, 5.74) is 1.28. The van der Waals surface area contributed by atoms with Crippen molar-refractivity contribution in [2.24, 2.45) is 0 Å². The number of halogens is 1. The van der Waals surface area contributed by atoms with Gasteiger partial charge in [-0.15, -0.1) is 22.7 Å². The van der Waals surface area contributed by atoms with Crippen LogP contribution in [0.1, 0.15) is 0 Å². The maximum atomic E-state index is 3.46. The summed E-state index contributed by atoms with van der Waals surface area (Å²) in [5, 5.41) is 2.12. The zero-order valence-corrected chi connectivity index (χ0v) is 12.1. The van der Waals surface area contributed by atoms with Gasteiger partial charge in [0.15, 0.2) is 0 Å². The summed E-state index contributed by atoms with van der Waals surface area (Å²) < 4.78 is 1.12. The summed E-state index contributed by atoms with van der Waals surface area (Å²) >= 11 is 7.09. The number of hydrogen-bond acceptors (Lipinski definition) is 2. The van der Waals surface area contributed by atoms with Gasteiger partial charge in [0.05, 0.1) is 0 Å². The van der Waals surface area contributed by atoms with E-state index in [4.69, 9.17) is 0 Å². The monoisotopic (exact) mass is 320 g/mol. The van der Waals surface area contributed by atoms with Crippen LogP contribution < -0.4 is 0 Å². The van der Waals surface area contributed by atoms with E-state index in [0.717, 1.165) is 4.47 Å². The van der Waals surface area contributed by atoms with E-state index in [1.807, 2.05) is 11.3 Å². The Kier molecular flexibility index (Phi) is 3.14. The Morgan fingerprint density at radius 2 is 1.53 bits per heavy atom. The lowest BCUT2D eigenvalue weighted by Crippen LogP contribution is -1.70. The molecule has 84 valence electrons. The minimum Gasteiger partial charge on any atom is -0.143 e. The van der Waals surface area contributed by atoms with Gasteiger partial charge in [-0.25, -0.2) is 0 Å². The number of benzene rings is 1. The molecule has 0 aliphatic rings. The average molecular weight is 321 g/mol. The average Bonchev–Trinajstić information content (AvgIpc) is 3.00. The molecule has 0 aliphatic carbocycles. The molecule has 0 fully saturated rings. The van der Waals surface area contributed by atoms with Gasteiger partial charge in [-0.05, 0) is 41.3 Å². The molecule has 2 aromatic heterocycles. The molecule has 2 heterocycles. The first-order chi connectivity index (χ1) is 8.33. The molecule has 17 heavy (non-hydrogen) atoms. The molecule has 0 unspecified atom stereocenters. The Morgan fingerprint density at radius 1 is 0.765 bits per heavy atom. The van der Waals surface area contributed by atoms with Crippen molar-refractivity contribution in [2.75, 3.05) is 0 Å². The van der Waals surface area contributed by atoms with Crippen LogP contribution in [-0.4, -0.2) is 0 Å². The molecule has 0 N–H and O–H groups in total. The summed E-state index contributed by atoms with van der Waals surface area (Å²) in [6.07, 6.45) is 0. The van der Waals surface area contributed by atoms with Crippen LogP contribution in [0.15, 0.2) is 58.4 Å². The summed E-state index contributed by atoms with van der Waals surface area (Å²) in [4.78, 5) is 4.01. The molecule has 0 saturated heterocycles. The predicted molar refractivity (Wildman–Crippen MR) is 80.8 cm³/mol. The van der Waals surface area contributed by atoms with Crippen molar-refractivity contribution in [1.82, 2.24) is 0 Å². The molecule has 0 bridgehead atoms. The van der Waals surface area contributed by atoms with Crippen LogP contribution in [-0.2, 0) is 0 Å². The van der Waals surface area contributed by atoms with E-state index in [1.165, 1.54) is 20.2 Å². The minimum absolute atomic E-state index is 1.12.